The number of carbonyl (C=O) groups is 1. The summed E-state index contributed by atoms with van der Waals surface area (Å²) in [4.78, 5) is 14.8. The first-order valence-corrected chi connectivity index (χ1v) is 4.58. The Balaban J connectivity index is 2.26. The van der Waals surface area contributed by atoms with Crippen molar-refractivity contribution in [1.29, 1.82) is 0 Å². The molecule has 3 N–H and O–H groups in total. The van der Waals surface area contributed by atoms with E-state index in [0.717, 1.165) is 5.65 Å². The third-order valence-corrected chi connectivity index (χ3v) is 2.16. The molecule has 2 rings (SSSR count). The van der Waals surface area contributed by atoms with Crippen molar-refractivity contribution in [2.75, 3.05) is 0 Å². The number of fused-ring (bicyclic) bond motifs is 1. The first-order chi connectivity index (χ1) is 7.16. The molecular formula is C10H11N3O2. The summed E-state index contributed by atoms with van der Waals surface area (Å²) in [5.74, 6) is -1.01. The maximum Gasteiger partial charge on any atom is 0.320 e. The summed E-state index contributed by atoms with van der Waals surface area (Å²) in [5.41, 5.74) is 6.91. The number of hydrogen-bond acceptors (Lipinski definition) is 3. The minimum atomic E-state index is -1.01. The molecule has 0 radical (unpaired) electrons. The lowest BCUT2D eigenvalue weighted by molar-refractivity contribution is -0.138. The Morgan fingerprint density at radius 3 is 3.07 bits per heavy atom. The molecule has 78 valence electrons. The lowest BCUT2D eigenvalue weighted by Gasteiger charge is -2.01. The summed E-state index contributed by atoms with van der Waals surface area (Å²) in [5, 5.41) is 8.66. The van der Waals surface area contributed by atoms with E-state index in [4.69, 9.17) is 10.8 Å². The molecule has 2 aromatic heterocycles. The van der Waals surface area contributed by atoms with Crippen LogP contribution in [-0.2, 0) is 11.2 Å². The second kappa shape index (κ2) is 3.70. The number of imidazole rings is 1. The quantitative estimate of drug-likeness (QED) is 0.754. The highest BCUT2D eigenvalue weighted by Gasteiger charge is 2.13. The van der Waals surface area contributed by atoms with Gasteiger partial charge in [-0.05, 0) is 12.1 Å². The molecular weight excluding hydrogens is 194 g/mol. The van der Waals surface area contributed by atoms with E-state index in [1.165, 1.54) is 0 Å². The summed E-state index contributed by atoms with van der Waals surface area (Å²) in [6, 6.07) is 4.73. The molecule has 2 heterocycles. The predicted octanol–water partition coefficient (Wildman–Crippen LogP) is 0.289. The van der Waals surface area contributed by atoms with E-state index in [2.05, 4.69) is 4.98 Å². The molecule has 0 aliphatic heterocycles. The lowest BCUT2D eigenvalue weighted by Crippen LogP contribution is -2.32. The van der Waals surface area contributed by atoms with Crippen molar-refractivity contribution in [1.82, 2.24) is 9.38 Å². The SMILES string of the molecule is N[C@@H](Cc1cn2ccccc2n1)C(=O)O. The molecule has 1 atom stereocenters. The smallest absolute Gasteiger partial charge is 0.320 e. The van der Waals surface area contributed by atoms with Gasteiger partial charge in [0.15, 0.2) is 0 Å². The second-order valence-electron chi connectivity index (χ2n) is 3.35. The van der Waals surface area contributed by atoms with Gasteiger partial charge in [-0.3, -0.25) is 4.79 Å². The van der Waals surface area contributed by atoms with Gasteiger partial charge in [-0.1, -0.05) is 6.07 Å². The van der Waals surface area contributed by atoms with Crippen molar-refractivity contribution < 1.29 is 9.90 Å². The summed E-state index contributed by atoms with van der Waals surface area (Å²) < 4.78 is 1.84. The molecule has 0 spiro atoms. The van der Waals surface area contributed by atoms with Crippen LogP contribution >= 0.6 is 0 Å². The number of carboxylic acid groups (broad SMARTS) is 1. The van der Waals surface area contributed by atoms with Crippen molar-refractivity contribution in [2.24, 2.45) is 5.73 Å². The monoisotopic (exact) mass is 205 g/mol. The van der Waals surface area contributed by atoms with Gasteiger partial charge in [-0.15, -0.1) is 0 Å². The standard InChI is InChI=1S/C10H11N3O2/c11-8(10(14)15)5-7-6-13-4-2-1-3-9(13)12-7/h1-4,6,8H,5,11H2,(H,14,15)/t8-/m0/s1. The summed E-state index contributed by atoms with van der Waals surface area (Å²) >= 11 is 0. The predicted molar refractivity (Wildman–Crippen MR) is 54.5 cm³/mol. The fourth-order valence-electron chi connectivity index (χ4n) is 1.40. The number of aliphatic carboxylic acids is 1. The van der Waals surface area contributed by atoms with Crippen LogP contribution in [0.3, 0.4) is 0 Å². The summed E-state index contributed by atoms with van der Waals surface area (Å²) in [6.07, 6.45) is 3.90. The molecule has 0 aliphatic carbocycles. The Morgan fingerprint density at radius 2 is 2.40 bits per heavy atom. The van der Waals surface area contributed by atoms with Gasteiger partial charge in [-0.25, -0.2) is 4.98 Å². The Hall–Kier alpha value is -1.88. The van der Waals surface area contributed by atoms with Crippen LogP contribution in [0.25, 0.3) is 5.65 Å². The second-order valence-corrected chi connectivity index (χ2v) is 3.35. The number of nitrogens with zero attached hydrogens (tertiary/aromatic N) is 2. The highest BCUT2D eigenvalue weighted by atomic mass is 16.4. The lowest BCUT2D eigenvalue weighted by atomic mass is 10.2. The summed E-state index contributed by atoms with van der Waals surface area (Å²) in [7, 11) is 0. The highest BCUT2D eigenvalue weighted by Crippen LogP contribution is 2.06. The molecule has 0 fully saturated rings. The third kappa shape index (κ3) is 1.97. The maximum absolute atomic E-state index is 10.6. The number of nitrogens with two attached hydrogens (primary N) is 1. The van der Waals surface area contributed by atoms with Crippen LogP contribution in [0.4, 0.5) is 0 Å². The van der Waals surface area contributed by atoms with Gasteiger partial charge in [0.1, 0.15) is 11.7 Å². The van der Waals surface area contributed by atoms with Crippen LogP contribution in [-0.4, -0.2) is 26.5 Å². The Kier molecular flexibility index (Phi) is 2.39. The zero-order valence-corrected chi connectivity index (χ0v) is 8.00. The zero-order chi connectivity index (χ0) is 10.8. The Labute approximate surface area is 86.2 Å². The van der Waals surface area contributed by atoms with E-state index in [-0.39, 0.29) is 6.42 Å². The first-order valence-electron chi connectivity index (χ1n) is 4.58. The Morgan fingerprint density at radius 1 is 1.60 bits per heavy atom. The van der Waals surface area contributed by atoms with Crippen molar-refractivity contribution >= 4 is 11.6 Å². The van der Waals surface area contributed by atoms with Crippen LogP contribution in [0.2, 0.25) is 0 Å². The molecule has 0 saturated carbocycles. The van der Waals surface area contributed by atoms with Crippen LogP contribution in [0.15, 0.2) is 30.6 Å². The number of carboxylic acids is 1. The van der Waals surface area contributed by atoms with Crippen LogP contribution in [0.5, 0.6) is 0 Å². The van der Waals surface area contributed by atoms with Crippen molar-refractivity contribution in [2.45, 2.75) is 12.5 Å². The fraction of sp³-hybridized carbons (Fsp3) is 0.200. The molecule has 0 amide bonds. The van der Waals surface area contributed by atoms with Crippen LogP contribution < -0.4 is 5.73 Å². The maximum atomic E-state index is 10.6. The molecule has 0 aliphatic rings. The van der Waals surface area contributed by atoms with E-state index in [0.29, 0.717) is 5.69 Å². The average Bonchev–Trinajstić information content (AvgIpc) is 2.59. The van der Waals surface area contributed by atoms with Gasteiger partial charge < -0.3 is 15.2 Å². The van der Waals surface area contributed by atoms with E-state index in [1.807, 2.05) is 28.8 Å². The van der Waals surface area contributed by atoms with Gasteiger partial charge >= 0.3 is 5.97 Å². The molecule has 0 saturated heterocycles. The van der Waals surface area contributed by atoms with E-state index >= 15 is 0 Å². The zero-order valence-electron chi connectivity index (χ0n) is 8.00. The molecule has 2 aromatic rings. The molecule has 15 heavy (non-hydrogen) atoms. The van der Waals surface area contributed by atoms with Gasteiger partial charge in [0, 0.05) is 18.8 Å². The van der Waals surface area contributed by atoms with Crippen molar-refractivity contribution in [3.63, 3.8) is 0 Å². The minimum Gasteiger partial charge on any atom is -0.480 e. The molecule has 0 aromatic carbocycles. The van der Waals surface area contributed by atoms with Gasteiger partial charge in [0.05, 0.1) is 5.69 Å². The number of rotatable bonds is 3. The third-order valence-electron chi connectivity index (χ3n) is 2.16. The van der Waals surface area contributed by atoms with E-state index < -0.39 is 12.0 Å². The minimum absolute atomic E-state index is 0.247. The van der Waals surface area contributed by atoms with E-state index in [1.54, 1.807) is 6.20 Å². The first kappa shape index (κ1) is 9.67. The average molecular weight is 205 g/mol. The number of aromatic nitrogens is 2. The number of pyridine rings is 1. The van der Waals surface area contributed by atoms with Crippen molar-refractivity contribution in [3.05, 3.63) is 36.3 Å². The topological polar surface area (TPSA) is 80.6 Å². The van der Waals surface area contributed by atoms with Gasteiger partial charge in [-0.2, -0.15) is 0 Å². The van der Waals surface area contributed by atoms with Gasteiger partial charge in [0.25, 0.3) is 0 Å². The normalized spacial score (nSPS) is 12.9. The molecule has 0 unspecified atom stereocenters. The molecule has 0 bridgehead atoms. The van der Waals surface area contributed by atoms with Crippen molar-refractivity contribution in [3.8, 4) is 0 Å². The number of hydrogen-bond donors (Lipinski definition) is 2. The van der Waals surface area contributed by atoms with Crippen LogP contribution in [0.1, 0.15) is 5.69 Å². The van der Waals surface area contributed by atoms with Crippen LogP contribution in [0, 0.1) is 0 Å². The molecule has 5 heteroatoms. The highest BCUT2D eigenvalue weighted by molar-refractivity contribution is 5.73. The molecule has 5 nitrogen and oxygen atoms in total. The Bertz CT molecular complexity index is 459. The fourth-order valence-corrected chi connectivity index (χ4v) is 1.40. The summed E-state index contributed by atoms with van der Waals surface area (Å²) in [6.45, 7) is 0. The largest absolute Gasteiger partial charge is 0.480 e. The van der Waals surface area contributed by atoms with Gasteiger partial charge in [0.2, 0.25) is 0 Å². The van der Waals surface area contributed by atoms with E-state index in [9.17, 15) is 4.79 Å².